The number of hydrogen-bond acceptors (Lipinski definition) is 4. The average molecular weight is 433 g/mol. The summed E-state index contributed by atoms with van der Waals surface area (Å²) < 4.78 is 5.68. The third-order valence-corrected chi connectivity index (χ3v) is 6.27. The van der Waals surface area contributed by atoms with Crippen LogP contribution in [0.25, 0.3) is 10.1 Å². The topological polar surface area (TPSA) is 50.4 Å². The summed E-state index contributed by atoms with van der Waals surface area (Å²) in [5.74, 6) is -0.0507. The number of rotatable bonds is 4. The Balaban J connectivity index is 1.83. The number of hydrogen-bond donors (Lipinski definition) is 2. The van der Waals surface area contributed by atoms with E-state index in [1.165, 1.54) is 24.0 Å². The fraction of sp³-hybridized carbons (Fsp3) is 0.238. The van der Waals surface area contributed by atoms with E-state index >= 15 is 0 Å². The van der Waals surface area contributed by atoms with E-state index in [2.05, 4.69) is 49.6 Å². The Morgan fingerprint density at radius 3 is 2.64 bits per heavy atom. The number of nitrogens with one attached hydrogen (secondary N) is 2. The molecule has 0 spiro atoms. The average Bonchev–Trinajstić information content (AvgIpc) is 2.98. The first kappa shape index (κ1) is 20.6. The van der Waals surface area contributed by atoms with Crippen molar-refractivity contribution in [3.8, 4) is 0 Å². The van der Waals surface area contributed by atoms with Crippen LogP contribution < -0.4 is 10.6 Å². The molecule has 0 saturated carbocycles. The summed E-state index contributed by atoms with van der Waals surface area (Å²) in [6, 6.07) is 11.9. The molecule has 0 amide bonds. The fourth-order valence-electron chi connectivity index (χ4n) is 2.99. The Bertz CT molecular complexity index is 1060. The Labute approximate surface area is 178 Å². The number of fused-ring (bicyclic) bond motifs is 1. The molecule has 0 fully saturated rings. The van der Waals surface area contributed by atoms with Gasteiger partial charge in [0.05, 0.1) is 12.1 Å². The van der Waals surface area contributed by atoms with Crippen LogP contribution >= 0.6 is 35.2 Å². The highest BCUT2D eigenvalue weighted by Crippen LogP contribution is 2.37. The first-order valence-electron chi connectivity index (χ1n) is 8.79. The SMILES string of the molecule is COC(=O)c1sc2cc(NC(=S)Nc3c(C)cccc3C(C)C)ccc2c1Cl. The molecule has 146 valence electrons. The number of thiocarbonyl (C=S) groups is 1. The zero-order valence-corrected chi connectivity index (χ0v) is 18.4. The van der Waals surface area contributed by atoms with Gasteiger partial charge in [0.1, 0.15) is 4.88 Å². The molecule has 3 rings (SSSR count). The zero-order valence-electron chi connectivity index (χ0n) is 16.1. The third-order valence-electron chi connectivity index (χ3n) is 4.42. The molecule has 28 heavy (non-hydrogen) atoms. The van der Waals surface area contributed by atoms with Crippen molar-refractivity contribution in [3.05, 3.63) is 57.4 Å². The van der Waals surface area contributed by atoms with E-state index in [1.807, 2.05) is 18.2 Å². The highest BCUT2D eigenvalue weighted by molar-refractivity contribution is 7.80. The number of para-hydroxylation sites is 1. The number of benzene rings is 2. The van der Waals surface area contributed by atoms with Gasteiger partial charge in [-0.25, -0.2) is 4.79 Å². The maximum absolute atomic E-state index is 11.8. The number of carbonyl (C=O) groups excluding carboxylic acids is 1. The van der Waals surface area contributed by atoms with E-state index in [1.54, 1.807) is 0 Å². The second-order valence-electron chi connectivity index (χ2n) is 6.72. The number of aryl methyl sites for hydroxylation is 1. The smallest absolute Gasteiger partial charge is 0.349 e. The van der Waals surface area contributed by atoms with Crippen molar-refractivity contribution in [2.45, 2.75) is 26.7 Å². The van der Waals surface area contributed by atoms with Gasteiger partial charge in [0, 0.05) is 21.5 Å². The number of anilines is 2. The summed E-state index contributed by atoms with van der Waals surface area (Å²) in [5.41, 5.74) is 4.20. The van der Waals surface area contributed by atoms with Crippen molar-refractivity contribution in [3.63, 3.8) is 0 Å². The quantitative estimate of drug-likeness (QED) is 0.360. The predicted molar refractivity (Wildman–Crippen MR) is 123 cm³/mol. The fourth-order valence-corrected chi connectivity index (χ4v) is 4.67. The van der Waals surface area contributed by atoms with Gasteiger partial charge in [-0.1, -0.05) is 43.6 Å². The summed E-state index contributed by atoms with van der Waals surface area (Å²) >= 11 is 13.1. The number of carbonyl (C=O) groups is 1. The van der Waals surface area contributed by atoms with Crippen molar-refractivity contribution >= 4 is 67.7 Å². The van der Waals surface area contributed by atoms with E-state index in [9.17, 15) is 4.79 Å². The Hall–Kier alpha value is -2.15. The van der Waals surface area contributed by atoms with E-state index in [0.29, 0.717) is 20.9 Å². The number of halogens is 1. The molecule has 7 heteroatoms. The summed E-state index contributed by atoms with van der Waals surface area (Å²) in [6.45, 7) is 6.37. The standard InChI is InChI=1S/C21H21ClN2O2S2/c1-11(2)14-7-5-6-12(3)18(14)24-21(27)23-13-8-9-15-16(10-13)28-19(17(15)22)20(25)26-4/h5-11H,1-4H3,(H2,23,24,27). The van der Waals surface area contributed by atoms with Crippen LogP contribution in [0.2, 0.25) is 5.02 Å². The van der Waals surface area contributed by atoms with E-state index in [0.717, 1.165) is 27.0 Å². The molecule has 0 radical (unpaired) electrons. The van der Waals surface area contributed by atoms with Crippen LogP contribution in [-0.2, 0) is 4.74 Å². The number of esters is 1. The van der Waals surface area contributed by atoms with E-state index in [4.69, 9.17) is 28.6 Å². The van der Waals surface area contributed by atoms with Gasteiger partial charge >= 0.3 is 5.97 Å². The Kier molecular flexibility index (Phi) is 6.23. The Morgan fingerprint density at radius 2 is 1.96 bits per heavy atom. The van der Waals surface area contributed by atoms with Gasteiger partial charge in [-0.05, 0) is 54.4 Å². The minimum Gasteiger partial charge on any atom is -0.465 e. The highest BCUT2D eigenvalue weighted by atomic mass is 35.5. The molecule has 2 N–H and O–H groups in total. The summed E-state index contributed by atoms with van der Waals surface area (Å²) in [7, 11) is 1.34. The molecule has 0 aliphatic carbocycles. The lowest BCUT2D eigenvalue weighted by atomic mass is 9.98. The number of methoxy groups -OCH3 is 1. The lowest BCUT2D eigenvalue weighted by Gasteiger charge is -2.18. The molecule has 0 aliphatic rings. The van der Waals surface area contributed by atoms with Crippen molar-refractivity contribution in [1.82, 2.24) is 0 Å². The van der Waals surface area contributed by atoms with Crippen LogP contribution in [0.1, 0.15) is 40.6 Å². The zero-order chi connectivity index (χ0) is 20.4. The lowest BCUT2D eigenvalue weighted by molar-refractivity contribution is 0.0606. The van der Waals surface area contributed by atoms with Crippen LogP contribution in [0, 0.1) is 6.92 Å². The molecule has 0 saturated heterocycles. The normalized spacial score (nSPS) is 10.9. The molecule has 0 aliphatic heterocycles. The summed E-state index contributed by atoms with van der Waals surface area (Å²) in [5, 5.41) is 8.28. The molecule has 2 aromatic carbocycles. The van der Waals surface area contributed by atoms with Crippen molar-refractivity contribution in [1.29, 1.82) is 0 Å². The van der Waals surface area contributed by atoms with Gasteiger partial charge in [-0.15, -0.1) is 11.3 Å². The van der Waals surface area contributed by atoms with E-state index < -0.39 is 5.97 Å². The summed E-state index contributed by atoms with van der Waals surface area (Å²) in [4.78, 5) is 12.2. The molecule has 0 bridgehead atoms. The lowest BCUT2D eigenvalue weighted by Crippen LogP contribution is -2.20. The first-order valence-corrected chi connectivity index (χ1v) is 10.4. The van der Waals surface area contributed by atoms with Crippen LogP contribution in [0.3, 0.4) is 0 Å². The number of ether oxygens (including phenoxy) is 1. The molecule has 3 aromatic rings. The predicted octanol–water partition coefficient (Wildman–Crippen LogP) is 6.58. The minimum absolute atomic E-state index is 0.381. The van der Waals surface area contributed by atoms with E-state index in [-0.39, 0.29) is 0 Å². The Morgan fingerprint density at radius 1 is 1.21 bits per heavy atom. The van der Waals surface area contributed by atoms with Crippen LogP contribution in [0.4, 0.5) is 11.4 Å². The van der Waals surface area contributed by atoms with Crippen molar-refractivity contribution < 1.29 is 9.53 Å². The molecular formula is C21H21ClN2O2S2. The third kappa shape index (κ3) is 4.14. The van der Waals surface area contributed by atoms with Crippen LogP contribution in [0.15, 0.2) is 36.4 Å². The van der Waals surface area contributed by atoms with Gasteiger partial charge < -0.3 is 15.4 Å². The van der Waals surface area contributed by atoms with Gasteiger partial charge in [0.25, 0.3) is 0 Å². The molecule has 0 atom stereocenters. The molecule has 4 nitrogen and oxygen atoms in total. The van der Waals surface area contributed by atoms with Gasteiger partial charge in [-0.3, -0.25) is 0 Å². The monoisotopic (exact) mass is 432 g/mol. The second kappa shape index (κ2) is 8.47. The van der Waals surface area contributed by atoms with Gasteiger partial charge in [0.2, 0.25) is 0 Å². The molecule has 1 aromatic heterocycles. The molecule has 1 heterocycles. The van der Waals surface area contributed by atoms with Gasteiger partial charge in [-0.2, -0.15) is 0 Å². The van der Waals surface area contributed by atoms with Crippen LogP contribution in [0.5, 0.6) is 0 Å². The van der Waals surface area contributed by atoms with Gasteiger partial charge in [0.15, 0.2) is 5.11 Å². The maximum Gasteiger partial charge on any atom is 0.349 e. The maximum atomic E-state index is 11.8. The van der Waals surface area contributed by atoms with Crippen molar-refractivity contribution in [2.24, 2.45) is 0 Å². The second-order valence-corrected chi connectivity index (χ2v) is 8.56. The minimum atomic E-state index is -0.432. The molecule has 0 unspecified atom stereocenters. The number of thiophene rings is 1. The van der Waals surface area contributed by atoms with Crippen LogP contribution in [-0.4, -0.2) is 18.2 Å². The van der Waals surface area contributed by atoms with Crippen molar-refractivity contribution in [2.75, 3.05) is 17.7 Å². The summed E-state index contributed by atoms with van der Waals surface area (Å²) in [6.07, 6.45) is 0. The first-order chi connectivity index (χ1) is 13.3. The largest absolute Gasteiger partial charge is 0.465 e. The highest BCUT2D eigenvalue weighted by Gasteiger charge is 2.18. The molecular weight excluding hydrogens is 412 g/mol.